The third-order valence-corrected chi connectivity index (χ3v) is 6.07. The summed E-state index contributed by atoms with van der Waals surface area (Å²) in [6.07, 6.45) is 3.05. The predicted molar refractivity (Wildman–Crippen MR) is 123 cm³/mol. The molecule has 2 amide bonds. The van der Waals surface area contributed by atoms with Crippen LogP contribution in [0.4, 0.5) is 11.4 Å². The van der Waals surface area contributed by atoms with Gasteiger partial charge in [0.2, 0.25) is 5.91 Å². The number of hydrogen-bond acceptors (Lipinski definition) is 4. The zero-order chi connectivity index (χ0) is 21.4. The van der Waals surface area contributed by atoms with Gasteiger partial charge in [-0.2, -0.15) is 0 Å². The van der Waals surface area contributed by atoms with Crippen LogP contribution in [0, 0.1) is 5.92 Å². The quantitative estimate of drug-likeness (QED) is 0.507. The van der Waals surface area contributed by atoms with Crippen molar-refractivity contribution in [2.24, 2.45) is 5.92 Å². The van der Waals surface area contributed by atoms with Gasteiger partial charge in [-0.15, -0.1) is 0 Å². The van der Waals surface area contributed by atoms with E-state index < -0.39 is 18.1 Å². The smallest absolute Gasteiger partial charge is 0.266 e. The number of imide groups is 1. The zero-order valence-electron chi connectivity index (χ0n) is 16.5. The van der Waals surface area contributed by atoms with Gasteiger partial charge in [-0.3, -0.25) is 14.4 Å². The van der Waals surface area contributed by atoms with Crippen molar-refractivity contribution in [1.82, 2.24) is 0 Å². The molecule has 3 aromatic rings. The van der Waals surface area contributed by atoms with Crippen LogP contribution in [0.1, 0.15) is 5.56 Å². The lowest BCUT2D eigenvalue weighted by atomic mass is 9.95. The number of rotatable bonds is 4. The summed E-state index contributed by atoms with van der Waals surface area (Å²) >= 11 is 3.39. The number of benzene rings is 3. The fraction of sp³-hybridized carbons (Fsp3) is 0.120. The Hall–Kier alpha value is -3.22. The van der Waals surface area contributed by atoms with E-state index in [1.165, 1.54) is 4.90 Å². The molecule has 0 spiro atoms. The van der Waals surface area contributed by atoms with Gasteiger partial charge in [0.25, 0.3) is 5.91 Å². The van der Waals surface area contributed by atoms with E-state index in [2.05, 4.69) is 15.9 Å². The Balaban J connectivity index is 1.52. The summed E-state index contributed by atoms with van der Waals surface area (Å²) < 4.78 is 0.880. The van der Waals surface area contributed by atoms with E-state index in [0.717, 1.165) is 15.7 Å². The van der Waals surface area contributed by atoms with E-state index in [1.54, 1.807) is 17.2 Å². The normalized spacial score (nSPS) is 23.1. The standard InChI is InChI=1S/C25H19BrN2O3/c26-18-12-14-19(15-13-18)27-24(29)22-21(16-11-17-7-3-1-4-8-17)28(31-23(22)25(27)30)20-9-5-2-6-10-20/h1-16,21-23H/b16-11+/t21-,22-,23-/m0/s1. The second-order valence-corrected chi connectivity index (χ2v) is 8.38. The first-order valence-corrected chi connectivity index (χ1v) is 10.8. The molecule has 0 aliphatic carbocycles. The predicted octanol–water partition coefficient (Wildman–Crippen LogP) is 4.84. The minimum atomic E-state index is -0.859. The molecule has 3 atom stereocenters. The average molecular weight is 475 g/mol. The van der Waals surface area contributed by atoms with Gasteiger partial charge in [-0.05, 0) is 42.0 Å². The van der Waals surface area contributed by atoms with Crippen LogP contribution in [0.25, 0.3) is 6.08 Å². The second kappa shape index (κ2) is 8.13. The number of nitrogens with zero attached hydrogens (tertiary/aromatic N) is 2. The summed E-state index contributed by atoms with van der Waals surface area (Å²) in [6.45, 7) is 0. The minimum Gasteiger partial charge on any atom is -0.273 e. The van der Waals surface area contributed by atoms with Gasteiger partial charge in [0.05, 0.1) is 17.4 Å². The van der Waals surface area contributed by atoms with E-state index in [0.29, 0.717) is 5.69 Å². The number of hydrogen-bond donors (Lipinski definition) is 0. The number of anilines is 2. The van der Waals surface area contributed by atoms with Crippen molar-refractivity contribution < 1.29 is 14.4 Å². The first-order valence-electron chi connectivity index (χ1n) is 10.0. The molecule has 2 saturated heterocycles. The summed E-state index contributed by atoms with van der Waals surface area (Å²) in [5.74, 6) is -1.22. The van der Waals surface area contributed by atoms with Crippen LogP contribution in [0.3, 0.4) is 0 Å². The molecule has 5 rings (SSSR count). The topological polar surface area (TPSA) is 49.9 Å². The molecule has 0 unspecified atom stereocenters. The summed E-state index contributed by atoms with van der Waals surface area (Å²) in [5, 5.41) is 1.68. The van der Waals surface area contributed by atoms with Crippen molar-refractivity contribution in [1.29, 1.82) is 0 Å². The van der Waals surface area contributed by atoms with Gasteiger partial charge >= 0.3 is 0 Å². The molecule has 6 heteroatoms. The average Bonchev–Trinajstić information content (AvgIpc) is 3.30. The first-order chi connectivity index (χ1) is 15.1. The zero-order valence-corrected chi connectivity index (χ0v) is 18.1. The summed E-state index contributed by atoms with van der Waals surface area (Å²) in [6, 6.07) is 26.1. The van der Waals surface area contributed by atoms with Gasteiger partial charge in [-0.25, -0.2) is 9.96 Å². The van der Waals surface area contributed by atoms with E-state index in [4.69, 9.17) is 4.84 Å². The van der Waals surface area contributed by atoms with Crippen LogP contribution < -0.4 is 9.96 Å². The van der Waals surface area contributed by atoms with Crippen molar-refractivity contribution in [3.63, 3.8) is 0 Å². The number of para-hydroxylation sites is 1. The SMILES string of the molecule is O=C1[C@@H]2[C@H](ON(c3ccccc3)[C@H]2/C=C/c2ccccc2)C(=O)N1c1ccc(Br)cc1. The van der Waals surface area contributed by atoms with Gasteiger partial charge in [-0.1, -0.05) is 76.6 Å². The van der Waals surface area contributed by atoms with Crippen molar-refractivity contribution in [2.45, 2.75) is 12.1 Å². The number of carbonyl (C=O) groups is 2. The second-order valence-electron chi connectivity index (χ2n) is 7.46. The maximum absolute atomic E-state index is 13.4. The number of hydroxylamine groups is 1. The Kier molecular flexibility index (Phi) is 5.18. The van der Waals surface area contributed by atoms with Crippen LogP contribution in [-0.4, -0.2) is 24.0 Å². The molecule has 2 aliphatic heterocycles. The fourth-order valence-electron chi connectivity index (χ4n) is 4.07. The number of carbonyl (C=O) groups excluding carboxylic acids is 2. The lowest BCUT2D eigenvalue weighted by Crippen LogP contribution is -2.39. The Bertz CT molecular complexity index is 1130. The third kappa shape index (κ3) is 3.58. The molecule has 3 aromatic carbocycles. The fourth-order valence-corrected chi connectivity index (χ4v) is 4.33. The minimum absolute atomic E-state index is 0.251. The Labute approximate surface area is 188 Å². The molecular weight excluding hydrogens is 456 g/mol. The van der Waals surface area contributed by atoms with Gasteiger partial charge < -0.3 is 0 Å². The van der Waals surface area contributed by atoms with Crippen molar-refractivity contribution >= 4 is 45.2 Å². The summed E-state index contributed by atoms with van der Waals surface area (Å²) in [4.78, 5) is 34.0. The number of amides is 2. The molecule has 0 saturated carbocycles. The highest BCUT2D eigenvalue weighted by atomic mass is 79.9. The first kappa shape index (κ1) is 19.7. The molecule has 0 bridgehead atoms. The number of fused-ring (bicyclic) bond motifs is 1. The Morgan fingerprint density at radius 3 is 2.10 bits per heavy atom. The lowest BCUT2D eigenvalue weighted by molar-refractivity contribution is -0.126. The lowest BCUT2D eigenvalue weighted by Gasteiger charge is -2.26. The van der Waals surface area contributed by atoms with Gasteiger partial charge in [0, 0.05) is 4.47 Å². The maximum Gasteiger partial charge on any atom is 0.266 e. The largest absolute Gasteiger partial charge is 0.273 e. The van der Waals surface area contributed by atoms with Crippen LogP contribution in [-0.2, 0) is 14.4 Å². The van der Waals surface area contributed by atoms with Crippen LogP contribution in [0.15, 0.2) is 95.5 Å². The van der Waals surface area contributed by atoms with E-state index in [1.807, 2.05) is 84.9 Å². The van der Waals surface area contributed by atoms with Crippen molar-refractivity contribution in [3.05, 3.63) is 101 Å². The Morgan fingerprint density at radius 2 is 1.42 bits per heavy atom. The molecule has 154 valence electrons. The van der Waals surface area contributed by atoms with Crippen molar-refractivity contribution in [3.8, 4) is 0 Å². The summed E-state index contributed by atoms with van der Waals surface area (Å²) in [5.41, 5.74) is 2.36. The molecule has 0 aromatic heterocycles. The van der Waals surface area contributed by atoms with Crippen LogP contribution in [0.5, 0.6) is 0 Å². The molecule has 2 heterocycles. The van der Waals surface area contributed by atoms with Gasteiger partial charge in [0.15, 0.2) is 6.10 Å². The highest BCUT2D eigenvalue weighted by Crippen LogP contribution is 2.41. The molecule has 2 aliphatic rings. The molecule has 31 heavy (non-hydrogen) atoms. The maximum atomic E-state index is 13.4. The number of halogens is 1. The molecule has 0 N–H and O–H groups in total. The highest BCUT2D eigenvalue weighted by Gasteiger charge is 2.59. The van der Waals surface area contributed by atoms with E-state index in [9.17, 15) is 9.59 Å². The van der Waals surface area contributed by atoms with E-state index >= 15 is 0 Å². The Morgan fingerprint density at radius 1 is 0.774 bits per heavy atom. The summed E-state index contributed by atoms with van der Waals surface area (Å²) in [7, 11) is 0. The third-order valence-electron chi connectivity index (χ3n) is 5.54. The molecule has 2 fully saturated rings. The van der Waals surface area contributed by atoms with Crippen LogP contribution in [0.2, 0.25) is 0 Å². The van der Waals surface area contributed by atoms with Gasteiger partial charge in [0.1, 0.15) is 5.92 Å². The monoisotopic (exact) mass is 474 g/mol. The highest BCUT2D eigenvalue weighted by molar-refractivity contribution is 9.10. The van der Waals surface area contributed by atoms with Crippen LogP contribution >= 0.6 is 15.9 Å². The molecular formula is C25H19BrN2O3. The molecule has 0 radical (unpaired) electrons. The van der Waals surface area contributed by atoms with Crippen molar-refractivity contribution in [2.75, 3.05) is 9.96 Å². The molecule has 5 nitrogen and oxygen atoms in total. The van der Waals surface area contributed by atoms with E-state index in [-0.39, 0.29) is 11.8 Å².